The van der Waals surface area contributed by atoms with Crippen LogP contribution in [0.25, 0.3) is 10.9 Å². The summed E-state index contributed by atoms with van der Waals surface area (Å²) in [6.07, 6.45) is 3.24. The summed E-state index contributed by atoms with van der Waals surface area (Å²) >= 11 is 0. The van der Waals surface area contributed by atoms with Crippen LogP contribution >= 0.6 is 0 Å². The number of hydrogen-bond donors (Lipinski definition) is 0. The van der Waals surface area contributed by atoms with Crippen LogP contribution in [0.2, 0.25) is 0 Å². The van der Waals surface area contributed by atoms with Gasteiger partial charge >= 0.3 is 5.97 Å². The second-order valence-corrected chi connectivity index (χ2v) is 7.40. The predicted molar refractivity (Wildman–Crippen MR) is 113 cm³/mol. The van der Waals surface area contributed by atoms with Gasteiger partial charge in [-0.15, -0.1) is 0 Å². The summed E-state index contributed by atoms with van der Waals surface area (Å²) in [5.41, 5.74) is 5.98. The van der Waals surface area contributed by atoms with E-state index in [4.69, 9.17) is 9.72 Å². The summed E-state index contributed by atoms with van der Waals surface area (Å²) in [6, 6.07) is 16.4. The highest BCUT2D eigenvalue weighted by Gasteiger charge is 2.24. The fraction of sp³-hybridized carbons (Fsp3) is 0.333. The van der Waals surface area contributed by atoms with Crippen molar-refractivity contribution in [3.63, 3.8) is 0 Å². The fourth-order valence-electron chi connectivity index (χ4n) is 3.99. The van der Waals surface area contributed by atoms with E-state index >= 15 is 0 Å². The van der Waals surface area contributed by atoms with Crippen LogP contribution < -0.4 is 9.64 Å². The quantitative estimate of drug-likeness (QED) is 0.457. The molecule has 4 heteroatoms. The zero-order valence-electron chi connectivity index (χ0n) is 16.6. The van der Waals surface area contributed by atoms with E-state index in [0.29, 0.717) is 12.2 Å². The molecule has 3 aromatic rings. The fourth-order valence-corrected chi connectivity index (χ4v) is 3.99. The SMILES string of the molecule is CCCC(=O)Oc1ccc2nc(C)c3c(c2c1)N(CCc1ccccc1)CC3. The Morgan fingerprint density at radius 3 is 2.79 bits per heavy atom. The summed E-state index contributed by atoms with van der Waals surface area (Å²) in [4.78, 5) is 19.2. The van der Waals surface area contributed by atoms with Gasteiger partial charge in [0.2, 0.25) is 0 Å². The molecule has 0 saturated heterocycles. The van der Waals surface area contributed by atoms with Gasteiger partial charge in [0.05, 0.1) is 11.2 Å². The van der Waals surface area contributed by atoms with Gasteiger partial charge in [0, 0.05) is 30.6 Å². The van der Waals surface area contributed by atoms with Crippen LogP contribution in [0.4, 0.5) is 5.69 Å². The molecule has 1 aliphatic rings. The van der Waals surface area contributed by atoms with Gasteiger partial charge in [-0.1, -0.05) is 37.3 Å². The minimum Gasteiger partial charge on any atom is -0.427 e. The number of carbonyl (C=O) groups is 1. The van der Waals surface area contributed by atoms with Crippen molar-refractivity contribution in [2.45, 2.75) is 39.5 Å². The Labute approximate surface area is 166 Å². The number of esters is 1. The zero-order chi connectivity index (χ0) is 19.5. The minimum absolute atomic E-state index is 0.181. The maximum atomic E-state index is 11.9. The molecule has 0 spiro atoms. The summed E-state index contributed by atoms with van der Waals surface area (Å²) in [6.45, 7) is 6.04. The Balaban J connectivity index is 1.66. The van der Waals surface area contributed by atoms with Crippen LogP contribution in [0, 0.1) is 6.92 Å². The minimum atomic E-state index is -0.181. The molecule has 28 heavy (non-hydrogen) atoms. The monoisotopic (exact) mass is 374 g/mol. The first-order valence-corrected chi connectivity index (χ1v) is 10.1. The van der Waals surface area contributed by atoms with Crippen molar-refractivity contribution < 1.29 is 9.53 Å². The Morgan fingerprint density at radius 1 is 1.18 bits per heavy atom. The van der Waals surface area contributed by atoms with E-state index in [9.17, 15) is 4.79 Å². The molecule has 1 aromatic heterocycles. The molecule has 0 saturated carbocycles. The molecule has 0 aliphatic carbocycles. The van der Waals surface area contributed by atoms with Gasteiger partial charge in [-0.25, -0.2) is 0 Å². The number of nitrogens with zero attached hydrogens (tertiary/aromatic N) is 2. The Kier molecular flexibility index (Phi) is 5.29. The van der Waals surface area contributed by atoms with E-state index in [1.165, 1.54) is 16.8 Å². The molecule has 0 bridgehead atoms. The summed E-state index contributed by atoms with van der Waals surface area (Å²) in [5.74, 6) is 0.424. The first kappa shape index (κ1) is 18.5. The number of ether oxygens (including phenoxy) is 1. The molecule has 144 valence electrons. The zero-order valence-corrected chi connectivity index (χ0v) is 16.6. The molecule has 0 fully saturated rings. The van der Waals surface area contributed by atoms with Gasteiger partial charge in [-0.3, -0.25) is 9.78 Å². The third kappa shape index (κ3) is 3.72. The third-order valence-corrected chi connectivity index (χ3v) is 5.38. The van der Waals surface area contributed by atoms with E-state index < -0.39 is 0 Å². The lowest BCUT2D eigenvalue weighted by Crippen LogP contribution is -2.23. The van der Waals surface area contributed by atoms with Crippen molar-refractivity contribution in [2.24, 2.45) is 0 Å². The molecular weight excluding hydrogens is 348 g/mol. The molecule has 2 heterocycles. The molecule has 0 N–H and O–H groups in total. The first-order chi connectivity index (χ1) is 13.7. The van der Waals surface area contributed by atoms with Gasteiger partial charge in [0.25, 0.3) is 0 Å². The van der Waals surface area contributed by atoms with E-state index in [1.54, 1.807) is 0 Å². The lowest BCUT2D eigenvalue weighted by Gasteiger charge is -2.22. The second-order valence-electron chi connectivity index (χ2n) is 7.40. The van der Waals surface area contributed by atoms with E-state index in [0.717, 1.165) is 48.9 Å². The average Bonchev–Trinajstić information content (AvgIpc) is 3.13. The van der Waals surface area contributed by atoms with Crippen molar-refractivity contribution >= 4 is 22.6 Å². The molecule has 1 aliphatic heterocycles. The normalized spacial score (nSPS) is 13.0. The molecule has 0 amide bonds. The molecule has 4 nitrogen and oxygen atoms in total. The number of benzene rings is 2. The maximum Gasteiger partial charge on any atom is 0.311 e. The lowest BCUT2D eigenvalue weighted by atomic mass is 10.1. The van der Waals surface area contributed by atoms with Gasteiger partial charge in [0.15, 0.2) is 0 Å². The largest absolute Gasteiger partial charge is 0.427 e. The number of carbonyl (C=O) groups excluding carboxylic acids is 1. The number of pyridine rings is 1. The van der Waals surface area contributed by atoms with Crippen LogP contribution in [-0.2, 0) is 17.6 Å². The Bertz CT molecular complexity index is 998. The standard InChI is InChI=1S/C24H26N2O2/c1-3-7-23(27)28-19-10-11-22-21(16-19)24-20(17(2)25-22)13-15-26(24)14-12-18-8-5-4-6-9-18/h4-6,8-11,16H,3,7,12-15H2,1-2H3. The number of aromatic nitrogens is 1. The molecule has 0 unspecified atom stereocenters. The molecule has 0 atom stereocenters. The van der Waals surface area contributed by atoms with Crippen LogP contribution in [-0.4, -0.2) is 24.0 Å². The number of fused-ring (bicyclic) bond motifs is 3. The van der Waals surface area contributed by atoms with Gasteiger partial charge in [-0.05, 0) is 55.5 Å². The molecule has 4 rings (SSSR count). The number of anilines is 1. The van der Waals surface area contributed by atoms with E-state index in [2.05, 4.69) is 42.2 Å². The smallest absolute Gasteiger partial charge is 0.311 e. The van der Waals surface area contributed by atoms with Crippen LogP contribution in [0.5, 0.6) is 5.75 Å². The molecule has 0 radical (unpaired) electrons. The van der Waals surface area contributed by atoms with Crippen molar-refractivity contribution in [1.29, 1.82) is 0 Å². The third-order valence-electron chi connectivity index (χ3n) is 5.38. The Morgan fingerprint density at radius 2 is 2.00 bits per heavy atom. The number of rotatable bonds is 6. The van der Waals surface area contributed by atoms with Crippen molar-refractivity contribution in [3.05, 3.63) is 65.4 Å². The van der Waals surface area contributed by atoms with Crippen molar-refractivity contribution in [3.8, 4) is 5.75 Å². The van der Waals surface area contributed by atoms with Gasteiger partial charge < -0.3 is 9.64 Å². The highest BCUT2D eigenvalue weighted by atomic mass is 16.5. The van der Waals surface area contributed by atoms with Crippen LogP contribution in [0.3, 0.4) is 0 Å². The summed E-state index contributed by atoms with van der Waals surface area (Å²) in [5, 5.41) is 1.08. The highest BCUT2D eigenvalue weighted by molar-refractivity contribution is 5.96. The molecular formula is C24H26N2O2. The average molecular weight is 374 g/mol. The van der Waals surface area contributed by atoms with Crippen LogP contribution in [0.1, 0.15) is 36.6 Å². The van der Waals surface area contributed by atoms with E-state index in [-0.39, 0.29) is 5.97 Å². The lowest BCUT2D eigenvalue weighted by molar-refractivity contribution is -0.134. The summed E-state index contributed by atoms with van der Waals surface area (Å²) < 4.78 is 5.53. The summed E-state index contributed by atoms with van der Waals surface area (Å²) in [7, 11) is 0. The predicted octanol–water partition coefficient (Wildman–Crippen LogP) is 4.85. The number of aryl methyl sites for hydroxylation is 1. The van der Waals surface area contributed by atoms with E-state index in [1.807, 2.05) is 25.1 Å². The van der Waals surface area contributed by atoms with Crippen molar-refractivity contribution in [2.75, 3.05) is 18.0 Å². The van der Waals surface area contributed by atoms with Crippen molar-refractivity contribution in [1.82, 2.24) is 4.98 Å². The maximum absolute atomic E-state index is 11.9. The first-order valence-electron chi connectivity index (χ1n) is 10.1. The van der Waals surface area contributed by atoms with Gasteiger partial charge in [0.1, 0.15) is 5.75 Å². The highest BCUT2D eigenvalue weighted by Crippen LogP contribution is 2.38. The number of hydrogen-bond acceptors (Lipinski definition) is 4. The van der Waals surface area contributed by atoms with Crippen LogP contribution in [0.15, 0.2) is 48.5 Å². The topological polar surface area (TPSA) is 42.4 Å². The Hall–Kier alpha value is -2.88. The second kappa shape index (κ2) is 8.01. The molecule has 2 aromatic carbocycles. The van der Waals surface area contributed by atoms with Gasteiger partial charge in [-0.2, -0.15) is 0 Å².